The van der Waals surface area contributed by atoms with E-state index in [4.69, 9.17) is 23.2 Å². The first kappa shape index (κ1) is 23.8. The summed E-state index contributed by atoms with van der Waals surface area (Å²) in [5.41, 5.74) is 3.48. The number of benzene rings is 3. The van der Waals surface area contributed by atoms with Crippen molar-refractivity contribution in [1.29, 1.82) is 0 Å². The van der Waals surface area contributed by atoms with Crippen molar-refractivity contribution < 1.29 is 9.90 Å². The molecule has 5 rings (SSSR count). The lowest BCUT2D eigenvalue weighted by atomic mass is 10.0. The smallest absolute Gasteiger partial charge is 0.257 e. The van der Waals surface area contributed by atoms with E-state index < -0.39 is 6.23 Å². The zero-order valence-electron chi connectivity index (χ0n) is 18.8. The first-order valence-corrected chi connectivity index (χ1v) is 11.8. The highest BCUT2D eigenvalue weighted by Crippen LogP contribution is 2.34. The maximum atomic E-state index is 13.0. The number of nitrogens with zero attached hydrogens (tertiary/aromatic N) is 2. The molecule has 0 bridgehead atoms. The predicted molar refractivity (Wildman–Crippen MR) is 144 cm³/mol. The Kier molecular flexibility index (Phi) is 6.82. The number of carbonyl (C=O) groups is 1. The number of anilines is 2. The van der Waals surface area contributed by atoms with E-state index in [1.807, 2.05) is 30.3 Å². The topological polar surface area (TPSA) is 87.1 Å². The van der Waals surface area contributed by atoms with Gasteiger partial charge in [0.05, 0.1) is 21.3 Å². The number of aliphatic hydroxyl groups excluding tert-OH is 1. The minimum atomic E-state index is -1.01. The molecule has 0 saturated carbocycles. The average molecular weight is 515 g/mol. The summed E-state index contributed by atoms with van der Waals surface area (Å²) in [6.45, 7) is 0. The number of aliphatic hydroxyl groups is 1. The summed E-state index contributed by atoms with van der Waals surface area (Å²) in [4.78, 5) is 21.5. The van der Waals surface area contributed by atoms with Gasteiger partial charge in [0.2, 0.25) is 0 Å². The lowest BCUT2D eigenvalue weighted by Gasteiger charge is -2.16. The van der Waals surface area contributed by atoms with Crippen LogP contribution in [0.25, 0.3) is 22.0 Å². The number of aromatic nitrogens is 2. The molecule has 3 aromatic carbocycles. The summed E-state index contributed by atoms with van der Waals surface area (Å²) in [6.07, 6.45) is 3.97. The summed E-state index contributed by atoms with van der Waals surface area (Å²) in [5.74, 6) is -0.387. The van der Waals surface area contributed by atoms with Gasteiger partial charge in [-0.1, -0.05) is 53.5 Å². The second-order valence-corrected chi connectivity index (χ2v) is 8.87. The highest BCUT2D eigenvalue weighted by Gasteiger charge is 2.16. The molecule has 1 atom stereocenters. The lowest BCUT2D eigenvalue weighted by Crippen LogP contribution is -2.14. The van der Waals surface area contributed by atoms with Crippen LogP contribution >= 0.6 is 23.2 Å². The number of nitrogens with one attached hydrogen (secondary N) is 2. The third-order valence-electron chi connectivity index (χ3n) is 5.69. The third kappa shape index (κ3) is 5.02. The van der Waals surface area contributed by atoms with Crippen molar-refractivity contribution in [1.82, 2.24) is 9.97 Å². The van der Waals surface area contributed by atoms with Gasteiger partial charge in [0, 0.05) is 46.5 Å². The van der Waals surface area contributed by atoms with E-state index in [0.717, 1.165) is 16.5 Å². The van der Waals surface area contributed by atoms with E-state index in [9.17, 15) is 9.90 Å². The monoisotopic (exact) mass is 514 g/mol. The number of amides is 1. The molecule has 1 unspecified atom stereocenters. The normalized spacial score (nSPS) is 11.8. The van der Waals surface area contributed by atoms with Gasteiger partial charge in [0.15, 0.2) is 6.23 Å². The minimum absolute atomic E-state index is 0.213. The summed E-state index contributed by atoms with van der Waals surface area (Å²) < 4.78 is 0. The van der Waals surface area contributed by atoms with Crippen molar-refractivity contribution >= 4 is 51.3 Å². The highest BCUT2D eigenvalue weighted by molar-refractivity contribution is 6.35. The molecule has 2 heterocycles. The van der Waals surface area contributed by atoms with E-state index in [-0.39, 0.29) is 16.5 Å². The van der Waals surface area contributed by atoms with Crippen LogP contribution in [-0.2, 0) is 0 Å². The van der Waals surface area contributed by atoms with Crippen molar-refractivity contribution in [2.75, 3.05) is 10.6 Å². The molecule has 0 fully saturated rings. The fourth-order valence-corrected chi connectivity index (χ4v) is 4.37. The van der Waals surface area contributed by atoms with Crippen molar-refractivity contribution in [3.63, 3.8) is 0 Å². The van der Waals surface area contributed by atoms with E-state index in [2.05, 4.69) is 20.6 Å². The Morgan fingerprint density at radius 3 is 2.44 bits per heavy atom. The van der Waals surface area contributed by atoms with Crippen LogP contribution in [0.4, 0.5) is 11.4 Å². The molecule has 0 spiro atoms. The molecule has 6 nitrogen and oxygen atoms in total. The van der Waals surface area contributed by atoms with Crippen LogP contribution in [0.5, 0.6) is 0 Å². The Morgan fingerprint density at radius 2 is 1.64 bits per heavy atom. The molecule has 0 saturated heterocycles. The van der Waals surface area contributed by atoms with Crippen molar-refractivity contribution in [2.45, 2.75) is 6.23 Å². The molecule has 0 radical (unpaired) electrons. The molecular weight excluding hydrogens is 495 g/mol. The fourth-order valence-electron chi connectivity index (χ4n) is 3.89. The van der Waals surface area contributed by atoms with Crippen LogP contribution in [0.3, 0.4) is 0 Å². The Bertz CT molecular complexity index is 1560. The molecule has 178 valence electrons. The minimum Gasteiger partial charge on any atom is -0.369 e. The maximum Gasteiger partial charge on any atom is 0.257 e. The number of rotatable bonds is 6. The number of hydrogen-bond donors (Lipinski definition) is 3. The summed E-state index contributed by atoms with van der Waals surface area (Å²) in [5, 5.41) is 19.1. The largest absolute Gasteiger partial charge is 0.369 e. The zero-order valence-corrected chi connectivity index (χ0v) is 20.3. The first-order chi connectivity index (χ1) is 17.5. The molecule has 36 heavy (non-hydrogen) atoms. The number of halogens is 2. The standard InChI is InChI=1S/C28H20Cl2N4O2/c29-24-8-6-20(16-23(24)26-21-4-2-1-3-17(21)9-14-32-26)34-28(36)22-7-5-18(15-25(22)30)27(35)33-19-10-12-31-13-11-19/h1-16,27,35H,(H,31,33)(H,34,36). The summed E-state index contributed by atoms with van der Waals surface area (Å²) >= 11 is 12.9. The van der Waals surface area contributed by atoms with Crippen molar-refractivity contribution in [3.05, 3.63) is 119 Å². The first-order valence-electron chi connectivity index (χ1n) is 11.1. The van der Waals surface area contributed by atoms with Crippen LogP contribution in [0, 0.1) is 0 Å². The van der Waals surface area contributed by atoms with Gasteiger partial charge in [-0.15, -0.1) is 0 Å². The molecule has 1 amide bonds. The molecule has 0 aliphatic rings. The van der Waals surface area contributed by atoms with Crippen molar-refractivity contribution in [2.24, 2.45) is 0 Å². The highest BCUT2D eigenvalue weighted by atomic mass is 35.5. The van der Waals surface area contributed by atoms with Crippen LogP contribution in [0.1, 0.15) is 22.1 Å². The Labute approximate surface area is 217 Å². The van der Waals surface area contributed by atoms with Gasteiger partial charge in [-0.25, -0.2) is 0 Å². The van der Waals surface area contributed by atoms with Gasteiger partial charge in [0.25, 0.3) is 5.91 Å². The Morgan fingerprint density at radius 1 is 0.833 bits per heavy atom. The van der Waals surface area contributed by atoms with Crippen LogP contribution in [0.2, 0.25) is 10.0 Å². The van der Waals surface area contributed by atoms with Crippen LogP contribution in [0.15, 0.2) is 97.5 Å². The van der Waals surface area contributed by atoms with E-state index in [0.29, 0.717) is 27.5 Å². The number of carbonyl (C=O) groups excluding carboxylic acids is 1. The number of pyridine rings is 2. The summed E-state index contributed by atoms with van der Waals surface area (Å²) in [6, 6.07) is 23.3. The Balaban J connectivity index is 1.37. The molecule has 2 aromatic heterocycles. The zero-order chi connectivity index (χ0) is 25.1. The second-order valence-electron chi connectivity index (χ2n) is 8.05. The number of hydrogen-bond acceptors (Lipinski definition) is 5. The average Bonchev–Trinajstić information content (AvgIpc) is 2.90. The van der Waals surface area contributed by atoms with Crippen molar-refractivity contribution in [3.8, 4) is 11.3 Å². The van der Waals surface area contributed by atoms with Gasteiger partial charge in [-0.05, 0) is 53.9 Å². The maximum absolute atomic E-state index is 13.0. The van der Waals surface area contributed by atoms with Gasteiger partial charge >= 0.3 is 0 Å². The van der Waals surface area contributed by atoms with E-state index >= 15 is 0 Å². The van der Waals surface area contributed by atoms with E-state index in [1.54, 1.807) is 67.1 Å². The van der Waals surface area contributed by atoms with E-state index in [1.165, 1.54) is 0 Å². The second kappa shape index (κ2) is 10.3. The van der Waals surface area contributed by atoms with Gasteiger partial charge in [-0.3, -0.25) is 14.8 Å². The molecular formula is C28H20Cl2N4O2. The Hall–Kier alpha value is -3.97. The SMILES string of the molecule is O=C(Nc1ccc(Cl)c(-c2nccc3ccccc23)c1)c1ccc(C(O)Nc2ccncc2)cc1Cl. The van der Waals surface area contributed by atoms with Gasteiger partial charge in [-0.2, -0.15) is 0 Å². The summed E-state index contributed by atoms with van der Waals surface area (Å²) in [7, 11) is 0. The molecule has 8 heteroatoms. The van der Waals surface area contributed by atoms with Gasteiger partial charge in [0.1, 0.15) is 0 Å². The number of fused-ring (bicyclic) bond motifs is 1. The molecule has 5 aromatic rings. The predicted octanol–water partition coefficient (Wildman–Crippen LogP) is 6.96. The molecule has 3 N–H and O–H groups in total. The quantitative estimate of drug-likeness (QED) is 0.213. The molecule has 0 aliphatic carbocycles. The van der Waals surface area contributed by atoms with Crippen LogP contribution in [-0.4, -0.2) is 21.0 Å². The fraction of sp³-hybridized carbons (Fsp3) is 0.0357. The molecule has 0 aliphatic heterocycles. The lowest BCUT2D eigenvalue weighted by molar-refractivity contribution is 0.102. The third-order valence-corrected chi connectivity index (χ3v) is 6.33. The van der Waals surface area contributed by atoms with Crippen LogP contribution < -0.4 is 10.6 Å². The van der Waals surface area contributed by atoms with Gasteiger partial charge < -0.3 is 15.7 Å².